The molecule has 1 N–H and O–H groups in total. The molecule has 0 bridgehead atoms. The molecule has 176 valence electrons. The Balaban J connectivity index is 1.42. The van der Waals surface area contributed by atoms with E-state index in [2.05, 4.69) is 35.2 Å². The smallest absolute Gasteiger partial charge is 0.411 e. The molecule has 6 heterocycles. The van der Waals surface area contributed by atoms with Crippen molar-refractivity contribution in [3.8, 4) is 11.6 Å². The number of aromatic nitrogens is 8. The number of pyridine rings is 1. The zero-order valence-corrected chi connectivity index (χ0v) is 17.6. The molecule has 0 saturated carbocycles. The van der Waals surface area contributed by atoms with Gasteiger partial charge in [0.15, 0.2) is 0 Å². The predicted octanol–water partition coefficient (Wildman–Crippen LogP) is 2.70. The van der Waals surface area contributed by atoms with Crippen LogP contribution in [0.25, 0.3) is 17.1 Å². The molecular formula is C21H14F3N9O2. The molecule has 0 aliphatic carbocycles. The van der Waals surface area contributed by atoms with Crippen molar-refractivity contribution in [3.63, 3.8) is 0 Å². The lowest BCUT2D eigenvalue weighted by Gasteiger charge is -2.32. The van der Waals surface area contributed by atoms with Gasteiger partial charge in [0, 0.05) is 31.1 Å². The number of H-pyrrole nitrogens is 1. The number of nitrogens with zero attached hydrogens (tertiary/aromatic N) is 8. The van der Waals surface area contributed by atoms with E-state index in [1.54, 1.807) is 0 Å². The van der Waals surface area contributed by atoms with Gasteiger partial charge in [0.2, 0.25) is 0 Å². The molecule has 14 heteroatoms. The van der Waals surface area contributed by atoms with Crippen molar-refractivity contribution in [2.45, 2.75) is 18.6 Å². The Morgan fingerprint density at radius 3 is 2.86 bits per heavy atom. The third-order valence-corrected chi connectivity index (χ3v) is 5.65. The molecule has 35 heavy (non-hydrogen) atoms. The Labute approximate surface area is 193 Å². The molecular weight excluding hydrogens is 467 g/mol. The summed E-state index contributed by atoms with van der Waals surface area (Å²) in [5.41, 5.74) is 1.06. The zero-order chi connectivity index (χ0) is 24.2. The summed E-state index contributed by atoms with van der Waals surface area (Å²) < 4.78 is 47.0. The highest BCUT2D eigenvalue weighted by atomic mass is 19.4. The Bertz CT molecular complexity index is 1540. The summed E-state index contributed by atoms with van der Waals surface area (Å²) in [7, 11) is 0. The number of carbonyl (C=O) groups is 1. The van der Waals surface area contributed by atoms with E-state index in [0.29, 0.717) is 17.8 Å². The predicted molar refractivity (Wildman–Crippen MR) is 111 cm³/mol. The molecule has 5 aromatic heterocycles. The maximum absolute atomic E-state index is 13.5. The van der Waals surface area contributed by atoms with Crippen molar-refractivity contribution in [2.24, 2.45) is 0 Å². The molecule has 0 unspecified atom stereocenters. The van der Waals surface area contributed by atoms with Crippen molar-refractivity contribution < 1.29 is 22.4 Å². The Morgan fingerprint density at radius 1 is 1.17 bits per heavy atom. The summed E-state index contributed by atoms with van der Waals surface area (Å²) in [6.07, 6.45) is 1.65. The van der Waals surface area contributed by atoms with Gasteiger partial charge in [-0.05, 0) is 18.2 Å². The van der Waals surface area contributed by atoms with Crippen molar-refractivity contribution in [1.82, 2.24) is 44.6 Å². The second-order valence-corrected chi connectivity index (χ2v) is 7.74. The molecule has 0 fully saturated rings. The Hall–Kier alpha value is -4.62. The molecule has 1 amide bonds. The summed E-state index contributed by atoms with van der Waals surface area (Å²) >= 11 is 0. The first-order chi connectivity index (χ1) is 16.9. The van der Waals surface area contributed by atoms with Crippen LogP contribution in [0, 0.1) is 0 Å². The highest BCUT2D eigenvalue weighted by Crippen LogP contribution is 2.36. The second-order valence-electron chi connectivity index (χ2n) is 7.74. The van der Waals surface area contributed by atoms with Crippen molar-refractivity contribution >= 4 is 11.4 Å². The highest BCUT2D eigenvalue weighted by Gasteiger charge is 2.39. The van der Waals surface area contributed by atoms with Gasteiger partial charge in [-0.3, -0.25) is 9.78 Å². The molecule has 5 aromatic rings. The van der Waals surface area contributed by atoms with Crippen LogP contribution in [0.5, 0.6) is 0 Å². The minimum atomic E-state index is -4.61. The maximum atomic E-state index is 13.5. The van der Waals surface area contributed by atoms with E-state index >= 15 is 0 Å². The van der Waals surface area contributed by atoms with Gasteiger partial charge in [0.1, 0.15) is 17.4 Å². The lowest BCUT2D eigenvalue weighted by Crippen LogP contribution is -2.41. The van der Waals surface area contributed by atoms with E-state index in [0.717, 1.165) is 16.3 Å². The van der Waals surface area contributed by atoms with Crippen molar-refractivity contribution in [3.05, 3.63) is 77.8 Å². The lowest BCUT2D eigenvalue weighted by atomic mass is 9.99. The second kappa shape index (κ2) is 7.72. The van der Waals surface area contributed by atoms with Crippen LogP contribution in [-0.2, 0) is 12.6 Å². The van der Waals surface area contributed by atoms with E-state index < -0.39 is 23.8 Å². The number of fused-ring (bicyclic) bond motifs is 2. The van der Waals surface area contributed by atoms with Crippen LogP contribution in [0.4, 0.5) is 13.2 Å². The molecule has 0 saturated heterocycles. The number of hydrogen-bond donors (Lipinski definition) is 1. The molecule has 1 atom stereocenters. The fourth-order valence-electron chi connectivity index (χ4n) is 4.12. The third-order valence-electron chi connectivity index (χ3n) is 5.65. The van der Waals surface area contributed by atoms with Crippen LogP contribution in [-0.4, -0.2) is 57.1 Å². The maximum Gasteiger partial charge on any atom is 0.433 e. The Kier molecular flexibility index (Phi) is 4.62. The fourth-order valence-corrected chi connectivity index (χ4v) is 4.12. The van der Waals surface area contributed by atoms with Gasteiger partial charge in [0.05, 0.1) is 29.4 Å². The minimum Gasteiger partial charge on any atom is -0.411 e. The number of nitrogens with one attached hydrogen (secondary N) is 1. The molecule has 0 radical (unpaired) electrons. The largest absolute Gasteiger partial charge is 0.433 e. The molecule has 1 aliphatic heterocycles. The van der Waals surface area contributed by atoms with E-state index in [1.165, 1.54) is 48.0 Å². The monoisotopic (exact) mass is 481 g/mol. The molecule has 11 nitrogen and oxygen atoms in total. The van der Waals surface area contributed by atoms with Crippen LogP contribution in [0.3, 0.4) is 0 Å². The standard InChI is InChI=1S/C21H14F3N9O2/c22-21(23,24)15-3-1-2-11-8-13(31-33(11)15)17-16-12(27-10-28-16)4-7-32(17)20(34)19-30-29-18(35-19)14-9-25-5-6-26-14/h1-3,5-6,8-10,17H,4,7H2,(H,27,28)/t17-/m0/s1. The SMILES string of the molecule is O=C(c1nnc(-c2cnccn2)o1)N1CCc2[nH]cnc2[C@@H]1c1cc2cccc(C(F)(F)F)n2n1. The molecule has 0 spiro atoms. The van der Waals surface area contributed by atoms with Gasteiger partial charge >= 0.3 is 18.0 Å². The van der Waals surface area contributed by atoms with Crippen molar-refractivity contribution in [1.29, 1.82) is 0 Å². The average molecular weight is 481 g/mol. The van der Waals surface area contributed by atoms with E-state index in [-0.39, 0.29) is 29.5 Å². The first kappa shape index (κ1) is 20.9. The average Bonchev–Trinajstić information content (AvgIpc) is 3.61. The minimum absolute atomic E-state index is 0.0121. The third kappa shape index (κ3) is 3.50. The summed E-state index contributed by atoms with van der Waals surface area (Å²) in [5.74, 6) is -0.896. The van der Waals surface area contributed by atoms with Crippen molar-refractivity contribution in [2.75, 3.05) is 6.54 Å². The quantitative estimate of drug-likeness (QED) is 0.416. The van der Waals surface area contributed by atoms with Gasteiger partial charge in [-0.1, -0.05) is 6.07 Å². The zero-order valence-electron chi connectivity index (χ0n) is 17.6. The summed E-state index contributed by atoms with van der Waals surface area (Å²) in [5, 5.41) is 11.9. The van der Waals surface area contributed by atoms with E-state index in [9.17, 15) is 18.0 Å². The van der Waals surface area contributed by atoms with Gasteiger partial charge in [-0.25, -0.2) is 14.5 Å². The van der Waals surface area contributed by atoms with Crippen LogP contribution < -0.4 is 0 Å². The summed E-state index contributed by atoms with van der Waals surface area (Å²) in [6.45, 7) is 0.224. The van der Waals surface area contributed by atoms with Gasteiger partial charge in [-0.2, -0.15) is 18.3 Å². The lowest BCUT2D eigenvalue weighted by molar-refractivity contribution is -0.142. The van der Waals surface area contributed by atoms with Crippen LogP contribution in [0.15, 0.2) is 53.6 Å². The fraction of sp³-hybridized carbons (Fsp3) is 0.190. The normalized spacial score (nSPS) is 16.0. The van der Waals surface area contributed by atoms with Crippen LogP contribution in [0.2, 0.25) is 0 Å². The number of rotatable bonds is 3. The number of carbonyl (C=O) groups excluding carboxylic acids is 1. The first-order valence-electron chi connectivity index (χ1n) is 10.4. The summed E-state index contributed by atoms with van der Waals surface area (Å²) in [4.78, 5) is 30.2. The number of alkyl halides is 3. The van der Waals surface area contributed by atoms with E-state index in [4.69, 9.17) is 4.42 Å². The van der Waals surface area contributed by atoms with Gasteiger partial charge in [-0.15, -0.1) is 10.2 Å². The molecule has 0 aromatic carbocycles. The number of imidazole rings is 1. The van der Waals surface area contributed by atoms with Gasteiger partial charge < -0.3 is 14.3 Å². The summed E-state index contributed by atoms with van der Waals surface area (Å²) in [6, 6.07) is 4.39. The number of amides is 1. The number of halogens is 3. The van der Waals surface area contributed by atoms with Gasteiger partial charge in [0.25, 0.3) is 5.89 Å². The van der Waals surface area contributed by atoms with Crippen LogP contribution in [0.1, 0.15) is 39.5 Å². The molecule has 1 aliphatic rings. The topological polar surface area (TPSA) is 131 Å². The van der Waals surface area contributed by atoms with E-state index in [1.807, 2.05) is 0 Å². The number of aromatic amines is 1. The Morgan fingerprint density at radius 2 is 2.06 bits per heavy atom. The molecule has 6 rings (SSSR count). The highest BCUT2D eigenvalue weighted by molar-refractivity contribution is 5.90. The first-order valence-corrected chi connectivity index (χ1v) is 10.4. The van der Waals surface area contributed by atoms with Crippen LogP contribution >= 0.6 is 0 Å². The number of hydrogen-bond acceptors (Lipinski definition) is 8.